The molecule has 3 nitrogen and oxygen atoms in total. The number of hydrogen-bond acceptors (Lipinski definition) is 3. The molecule has 0 spiro atoms. The first-order valence-corrected chi connectivity index (χ1v) is 7.83. The minimum absolute atomic E-state index is 0. The number of oxazole rings is 1. The van der Waals surface area contributed by atoms with Crippen LogP contribution in [0.2, 0.25) is 0 Å². The molecule has 1 heterocycles. The van der Waals surface area contributed by atoms with Crippen molar-refractivity contribution >= 4 is 44.6 Å². The van der Waals surface area contributed by atoms with Gasteiger partial charge in [-0.1, -0.05) is 40.2 Å². The Hall–Kier alpha value is -1.11. The Kier molecular flexibility index (Phi) is 5.61. The van der Waals surface area contributed by atoms with Gasteiger partial charge in [-0.3, -0.25) is 4.79 Å². The summed E-state index contributed by atoms with van der Waals surface area (Å²) in [5.74, 6) is 0.425. The highest BCUT2D eigenvalue weighted by Gasteiger charge is 2.15. The molecule has 1 aromatic heterocycles. The van der Waals surface area contributed by atoms with Gasteiger partial charge in [-0.2, -0.15) is 4.98 Å². The number of carbonyl (C=O) groups is 1. The fourth-order valence-corrected chi connectivity index (χ4v) is 2.83. The van der Waals surface area contributed by atoms with Gasteiger partial charge >= 0.3 is 5.22 Å². The fraction of sp³-hybridized carbons (Fsp3) is 0.0667. The zero-order chi connectivity index (χ0) is 13.9. The van der Waals surface area contributed by atoms with Gasteiger partial charge in [0.2, 0.25) is 11.1 Å². The summed E-state index contributed by atoms with van der Waals surface area (Å²) >= 11 is 4.72. The smallest absolute Gasteiger partial charge is 0.411 e. The van der Waals surface area contributed by atoms with Crippen LogP contribution in [-0.2, 0) is 0 Å². The Labute approximate surface area is 145 Å². The number of rotatable bonds is 4. The lowest BCUT2D eigenvalue weighted by Crippen LogP contribution is -3.00. The van der Waals surface area contributed by atoms with E-state index >= 15 is 0 Å². The summed E-state index contributed by atoms with van der Waals surface area (Å²) in [4.78, 5) is 15.2. The van der Waals surface area contributed by atoms with Crippen LogP contribution >= 0.6 is 27.7 Å². The number of ketones is 1. The third-order valence-electron chi connectivity index (χ3n) is 2.83. The predicted molar refractivity (Wildman–Crippen MR) is 82.0 cm³/mol. The van der Waals surface area contributed by atoms with Crippen molar-refractivity contribution in [2.75, 3.05) is 5.75 Å². The van der Waals surface area contributed by atoms with Gasteiger partial charge in [0.1, 0.15) is 0 Å². The number of benzene rings is 2. The van der Waals surface area contributed by atoms with Crippen molar-refractivity contribution in [1.82, 2.24) is 0 Å². The monoisotopic (exact) mass is 427 g/mol. The van der Waals surface area contributed by atoms with Gasteiger partial charge in [-0.25, -0.2) is 0 Å². The molecule has 0 amide bonds. The van der Waals surface area contributed by atoms with Crippen molar-refractivity contribution in [2.45, 2.75) is 5.22 Å². The molecule has 108 valence electrons. The molecule has 0 aliphatic carbocycles. The Morgan fingerprint density at radius 3 is 2.57 bits per heavy atom. The van der Waals surface area contributed by atoms with Crippen molar-refractivity contribution in [3.05, 3.63) is 58.6 Å². The zero-order valence-electron chi connectivity index (χ0n) is 10.8. The van der Waals surface area contributed by atoms with Gasteiger partial charge < -0.3 is 21.4 Å². The molecule has 21 heavy (non-hydrogen) atoms. The number of aromatic amines is 1. The number of hydrogen-bond donors (Lipinski definition) is 0. The maximum atomic E-state index is 12.1. The number of fused-ring (bicyclic) bond motifs is 1. The SMILES string of the molecule is O=C(CSc1[nH+]c2ccccc2o1)c1ccc(Br)cc1.[Br-]. The maximum Gasteiger partial charge on any atom is 0.411 e. The minimum Gasteiger partial charge on any atom is -1.00 e. The van der Waals surface area contributed by atoms with Crippen LogP contribution in [0.4, 0.5) is 0 Å². The number of halogens is 2. The zero-order valence-corrected chi connectivity index (χ0v) is 14.8. The number of Topliss-reactive ketones (excluding diaryl/α,β-unsaturated/α-hetero) is 1. The molecule has 2 aromatic carbocycles. The van der Waals surface area contributed by atoms with Crippen LogP contribution in [0.5, 0.6) is 0 Å². The molecular formula is C15H11Br2NO2S. The first kappa shape index (κ1) is 16.3. The topological polar surface area (TPSA) is 44.4 Å². The standard InChI is InChI=1S/C15H10BrNO2S.BrH/c16-11-7-5-10(6-8-11)13(18)9-20-15-17-12-3-1-2-4-14(12)19-15;/h1-8H,9H2;1H. The number of carbonyl (C=O) groups excluding carboxylic acids is 1. The predicted octanol–water partition coefficient (Wildman–Crippen LogP) is 0.988. The van der Waals surface area contributed by atoms with E-state index in [0.717, 1.165) is 15.6 Å². The molecule has 3 aromatic rings. The van der Waals surface area contributed by atoms with E-state index < -0.39 is 0 Å². The van der Waals surface area contributed by atoms with E-state index in [1.54, 1.807) is 0 Å². The van der Waals surface area contributed by atoms with Crippen molar-refractivity contribution in [3.63, 3.8) is 0 Å². The first-order chi connectivity index (χ1) is 9.72. The van der Waals surface area contributed by atoms with Gasteiger partial charge in [0, 0.05) is 16.1 Å². The van der Waals surface area contributed by atoms with E-state index in [9.17, 15) is 4.79 Å². The average molecular weight is 429 g/mol. The number of H-pyrrole nitrogens is 1. The van der Waals surface area contributed by atoms with Crippen LogP contribution in [0.1, 0.15) is 10.4 Å². The Bertz CT molecular complexity index is 723. The number of thioether (sulfide) groups is 1. The van der Waals surface area contributed by atoms with E-state index in [1.807, 2.05) is 48.5 Å². The van der Waals surface area contributed by atoms with E-state index in [0.29, 0.717) is 16.5 Å². The summed E-state index contributed by atoms with van der Waals surface area (Å²) in [6, 6.07) is 15.1. The Morgan fingerprint density at radius 2 is 1.86 bits per heavy atom. The van der Waals surface area contributed by atoms with Crippen LogP contribution in [0.15, 0.2) is 62.6 Å². The quantitative estimate of drug-likeness (QED) is 0.459. The number of para-hydroxylation sites is 2. The molecule has 0 unspecified atom stereocenters. The van der Waals surface area contributed by atoms with Crippen LogP contribution in [0, 0.1) is 0 Å². The van der Waals surface area contributed by atoms with Crippen molar-refractivity contribution < 1.29 is 31.2 Å². The van der Waals surface area contributed by atoms with Crippen LogP contribution in [0.3, 0.4) is 0 Å². The van der Waals surface area contributed by atoms with Crippen LogP contribution in [0.25, 0.3) is 11.1 Å². The molecule has 3 rings (SSSR count). The second kappa shape index (κ2) is 7.24. The molecule has 0 radical (unpaired) electrons. The van der Waals surface area contributed by atoms with Crippen molar-refractivity contribution in [1.29, 1.82) is 0 Å². The third kappa shape index (κ3) is 3.96. The molecule has 0 fully saturated rings. The highest BCUT2D eigenvalue weighted by Crippen LogP contribution is 2.20. The molecule has 0 aliphatic heterocycles. The largest absolute Gasteiger partial charge is 1.00 e. The molecule has 0 bridgehead atoms. The lowest BCUT2D eigenvalue weighted by atomic mass is 10.2. The van der Waals surface area contributed by atoms with Crippen molar-refractivity contribution in [3.8, 4) is 0 Å². The van der Waals surface area contributed by atoms with Gasteiger partial charge in [0.15, 0.2) is 5.78 Å². The van der Waals surface area contributed by atoms with Crippen LogP contribution < -0.4 is 22.0 Å². The Balaban J connectivity index is 0.00000161. The molecular weight excluding hydrogens is 418 g/mol. The summed E-state index contributed by atoms with van der Waals surface area (Å²) in [7, 11) is 0. The highest BCUT2D eigenvalue weighted by atomic mass is 79.9. The minimum atomic E-state index is 0. The normalized spacial score (nSPS) is 10.3. The summed E-state index contributed by atoms with van der Waals surface area (Å²) in [5.41, 5.74) is 2.44. The van der Waals surface area contributed by atoms with E-state index in [1.165, 1.54) is 11.8 Å². The molecule has 0 saturated carbocycles. The van der Waals surface area contributed by atoms with Gasteiger partial charge in [0.25, 0.3) is 0 Å². The Morgan fingerprint density at radius 1 is 1.14 bits per heavy atom. The molecule has 0 aliphatic rings. The van der Waals surface area contributed by atoms with Crippen molar-refractivity contribution in [2.24, 2.45) is 0 Å². The lowest BCUT2D eigenvalue weighted by Gasteiger charge is -1.97. The summed E-state index contributed by atoms with van der Waals surface area (Å²) in [6.45, 7) is 0. The molecule has 0 saturated heterocycles. The lowest BCUT2D eigenvalue weighted by molar-refractivity contribution is -0.411. The number of nitrogens with one attached hydrogen (secondary N) is 1. The second-order valence-electron chi connectivity index (χ2n) is 4.23. The van der Waals surface area contributed by atoms with Gasteiger partial charge in [0.05, 0.1) is 5.75 Å². The fourth-order valence-electron chi connectivity index (χ4n) is 1.81. The second-order valence-corrected chi connectivity index (χ2v) is 6.09. The van der Waals surface area contributed by atoms with Crippen LogP contribution in [-0.4, -0.2) is 11.5 Å². The summed E-state index contributed by atoms with van der Waals surface area (Å²) < 4.78 is 6.59. The first-order valence-electron chi connectivity index (χ1n) is 6.05. The highest BCUT2D eigenvalue weighted by molar-refractivity contribution is 9.10. The van der Waals surface area contributed by atoms with E-state index in [-0.39, 0.29) is 22.8 Å². The summed E-state index contributed by atoms with van der Waals surface area (Å²) in [6.07, 6.45) is 0. The maximum absolute atomic E-state index is 12.1. The van der Waals surface area contributed by atoms with Gasteiger partial charge in [-0.15, -0.1) is 0 Å². The third-order valence-corrected chi connectivity index (χ3v) is 4.21. The van der Waals surface area contributed by atoms with E-state index in [4.69, 9.17) is 4.42 Å². The molecule has 1 N–H and O–H groups in total. The average Bonchev–Trinajstić information content (AvgIpc) is 2.88. The molecule has 6 heteroatoms. The number of aromatic nitrogens is 1. The molecule has 0 atom stereocenters. The van der Waals surface area contributed by atoms with E-state index in [2.05, 4.69) is 20.9 Å². The van der Waals surface area contributed by atoms with Gasteiger partial charge in [-0.05, 0) is 30.0 Å². The summed E-state index contributed by atoms with van der Waals surface area (Å²) in [5, 5.41) is 0.650.